The average molecular weight is 477 g/mol. The Morgan fingerprint density at radius 1 is 1.03 bits per heavy atom. The van der Waals surface area contributed by atoms with Gasteiger partial charge >= 0.3 is 5.69 Å². The Morgan fingerprint density at radius 3 is 2.69 bits per heavy atom. The fourth-order valence-electron chi connectivity index (χ4n) is 3.95. The Bertz CT molecular complexity index is 1440. The second-order valence-electron chi connectivity index (χ2n) is 7.97. The Morgan fingerprint density at radius 2 is 1.91 bits per heavy atom. The molecule has 0 saturated carbocycles. The minimum atomic E-state index is -0.806. The van der Waals surface area contributed by atoms with Crippen molar-refractivity contribution in [3.05, 3.63) is 94.0 Å². The summed E-state index contributed by atoms with van der Waals surface area (Å²) in [5.74, 6) is -0.389. The number of hydrogen-bond donors (Lipinski definition) is 0. The summed E-state index contributed by atoms with van der Waals surface area (Å²) in [6, 6.07) is 14.0. The van der Waals surface area contributed by atoms with Gasteiger partial charge in [0.2, 0.25) is 11.8 Å². The van der Waals surface area contributed by atoms with Crippen LogP contribution in [0.2, 0.25) is 0 Å². The Hall–Kier alpha value is -4.27. The van der Waals surface area contributed by atoms with Crippen molar-refractivity contribution >= 4 is 0 Å². The summed E-state index contributed by atoms with van der Waals surface area (Å²) in [6.45, 7) is 0.823. The van der Waals surface area contributed by atoms with Gasteiger partial charge in [0.25, 0.3) is 0 Å². The SMILES string of the molecule is COc1ccc2c(c1)CCn1c-2cc(OCCc2ccc(Oc3ccc(F)cc3F)nc2)nc1=O. The lowest BCUT2D eigenvalue weighted by Gasteiger charge is -2.22. The molecule has 35 heavy (non-hydrogen) atoms. The molecule has 0 saturated heterocycles. The summed E-state index contributed by atoms with van der Waals surface area (Å²) in [7, 11) is 1.63. The van der Waals surface area contributed by atoms with Gasteiger partial charge in [0.15, 0.2) is 11.6 Å². The highest BCUT2D eigenvalue weighted by molar-refractivity contribution is 5.67. The number of nitrogens with zero attached hydrogens (tertiary/aromatic N) is 3. The van der Waals surface area contributed by atoms with Gasteiger partial charge < -0.3 is 14.2 Å². The zero-order valence-electron chi connectivity index (χ0n) is 18.8. The van der Waals surface area contributed by atoms with Crippen LogP contribution in [0.4, 0.5) is 8.78 Å². The van der Waals surface area contributed by atoms with Crippen molar-refractivity contribution in [3.63, 3.8) is 0 Å². The monoisotopic (exact) mass is 477 g/mol. The standard InChI is InChI=1S/C26H21F2N3O4/c1-33-19-4-5-20-17(12-19)8-10-31-22(20)14-25(30-26(31)32)34-11-9-16-2-7-24(29-15-16)35-23-6-3-18(27)13-21(23)28/h2-7,12-15H,8-11H2,1H3. The molecule has 0 unspecified atom stereocenters. The average Bonchev–Trinajstić information content (AvgIpc) is 2.86. The number of aromatic nitrogens is 3. The van der Waals surface area contributed by atoms with Gasteiger partial charge in [-0.25, -0.2) is 18.6 Å². The van der Waals surface area contributed by atoms with Gasteiger partial charge in [0.1, 0.15) is 11.6 Å². The Kier molecular flexibility index (Phi) is 6.13. The van der Waals surface area contributed by atoms with E-state index in [4.69, 9.17) is 14.2 Å². The van der Waals surface area contributed by atoms with E-state index in [2.05, 4.69) is 9.97 Å². The summed E-state index contributed by atoms with van der Waals surface area (Å²) in [5.41, 5.74) is 3.33. The summed E-state index contributed by atoms with van der Waals surface area (Å²) in [6.07, 6.45) is 2.81. The topological polar surface area (TPSA) is 75.5 Å². The molecule has 0 spiro atoms. The summed E-state index contributed by atoms with van der Waals surface area (Å²) in [5, 5.41) is 0. The van der Waals surface area contributed by atoms with Gasteiger partial charge in [-0.15, -0.1) is 0 Å². The fourth-order valence-corrected chi connectivity index (χ4v) is 3.95. The number of rotatable bonds is 7. The highest BCUT2D eigenvalue weighted by Crippen LogP contribution is 2.32. The van der Waals surface area contributed by atoms with Crippen LogP contribution in [0.5, 0.6) is 23.3 Å². The number of hydrogen-bond acceptors (Lipinski definition) is 6. The quantitative estimate of drug-likeness (QED) is 0.389. The molecule has 4 aromatic rings. The van der Waals surface area contributed by atoms with Crippen molar-refractivity contribution in [1.29, 1.82) is 0 Å². The molecule has 0 bridgehead atoms. The van der Waals surface area contributed by atoms with E-state index in [1.807, 2.05) is 18.2 Å². The molecular formula is C26H21F2N3O4. The maximum absolute atomic E-state index is 13.7. The van der Waals surface area contributed by atoms with E-state index in [9.17, 15) is 13.6 Å². The van der Waals surface area contributed by atoms with Crippen LogP contribution in [0.1, 0.15) is 11.1 Å². The largest absolute Gasteiger partial charge is 0.497 e. The minimum Gasteiger partial charge on any atom is -0.497 e. The zero-order chi connectivity index (χ0) is 24.4. The number of methoxy groups -OCH3 is 1. The number of benzene rings is 2. The molecule has 0 fully saturated rings. The summed E-state index contributed by atoms with van der Waals surface area (Å²) >= 11 is 0. The number of halogens is 2. The zero-order valence-corrected chi connectivity index (χ0v) is 18.8. The molecule has 5 rings (SSSR count). The van der Waals surface area contributed by atoms with Crippen LogP contribution < -0.4 is 19.9 Å². The van der Waals surface area contributed by atoms with Crippen molar-refractivity contribution in [2.24, 2.45) is 0 Å². The molecule has 0 aliphatic carbocycles. The first kappa shape index (κ1) is 22.5. The molecule has 0 atom stereocenters. The van der Waals surface area contributed by atoms with Crippen LogP contribution in [-0.4, -0.2) is 28.3 Å². The van der Waals surface area contributed by atoms with Gasteiger partial charge in [-0.3, -0.25) is 4.57 Å². The summed E-state index contributed by atoms with van der Waals surface area (Å²) in [4.78, 5) is 20.8. The van der Waals surface area contributed by atoms with Crippen LogP contribution in [0, 0.1) is 11.6 Å². The van der Waals surface area contributed by atoms with Gasteiger partial charge in [0, 0.05) is 42.9 Å². The second kappa shape index (κ2) is 9.54. The van der Waals surface area contributed by atoms with Crippen molar-refractivity contribution in [3.8, 4) is 34.5 Å². The van der Waals surface area contributed by atoms with E-state index in [1.54, 1.807) is 36.1 Å². The van der Waals surface area contributed by atoms with Crippen LogP contribution in [0.25, 0.3) is 11.3 Å². The number of pyridine rings is 1. The fraction of sp³-hybridized carbons (Fsp3) is 0.192. The molecule has 0 N–H and O–H groups in total. The third kappa shape index (κ3) is 4.84. The predicted molar refractivity (Wildman–Crippen MR) is 124 cm³/mol. The van der Waals surface area contributed by atoms with Crippen molar-refractivity contribution in [1.82, 2.24) is 14.5 Å². The molecule has 0 amide bonds. The van der Waals surface area contributed by atoms with E-state index >= 15 is 0 Å². The first-order valence-electron chi connectivity index (χ1n) is 11.0. The lowest BCUT2D eigenvalue weighted by molar-refractivity contribution is 0.306. The highest BCUT2D eigenvalue weighted by Gasteiger charge is 2.19. The molecule has 2 aromatic carbocycles. The van der Waals surface area contributed by atoms with Gasteiger partial charge in [-0.2, -0.15) is 4.98 Å². The van der Waals surface area contributed by atoms with Gasteiger partial charge in [-0.1, -0.05) is 6.07 Å². The van der Waals surface area contributed by atoms with Gasteiger partial charge in [-0.05, 0) is 47.9 Å². The second-order valence-corrected chi connectivity index (χ2v) is 7.97. The molecule has 9 heteroatoms. The maximum atomic E-state index is 13.7. The molecule has 2 aromatic heterocycles. The maximum Gasteiger partial charge on any atom is 0.351 e. The smallest absolute Gasteiger partial charge is 0.351 e. The minimum absolute atomic E-state index is 0.111. The molecule has 1 aliphatic heterocycles. The first-order chi connectivity index (χ1) is 17.0. The van der Waals surface area contributed by atoms with Crippen LogP contribution in [-0.2, 0) is 19.4 Å². The normalized spacial score (nSPS) is 12.0. The first-order valence-corrected chi connectivity index (χ1v) is 11.0. The van der Waals surface area contributed by atoms with E-state index in [0.717, 1.165) is 46.7 Å². The van der Waals surface area contributed by atoms with Crippen LogP contribution >= 0.6 is 0 Å². The molecular weight excluding hydrogens is 456 g/mol. The number of ether oxygens (including phenoxy) is 3. The number of aryl methyl sites for hydroxylation is 1. The van der Waals surface area contributed by atoms with E-state index in [-0.39, 0.29) is 29.8 Å². The Labute approximate surface area is 199 Å². The molecule has 1 aliphatic rings. The van der Waals surface area contributed by atoms with Gasteiger partial charge in [0.05, 0.1) is 19.4 Å². The molecule has 3 heterocycles. The van der Waals surface area contributed by atoms with Crippen molar-refractivity contribution < 1.29 is 23.0 Å². The van der Waals surface area contributed by atoms with E-state index < -0.39 is 11.6 Å². The number of fused-ring (bicyclic) bond motifs is 3. The van der Waals surface area contributed by atoms with Crippen LogP contribution in [0.15, 0.2) is 65.6 Å². The van der Waals surface area contributed by atoms with E-state index in [1.165, 1.54) is 6.07 Å². The lowest BCUT2D eigenvalue weighted by Crippen LogP contribution is -2.28. The molecule has 7 nitrogen and oxygen atoms in total. The Balaban J connectivity index is 1.24. The third-order valence-corrected chi connectivity index (χ3v) is 5.73. The summed E-state index contributed by atoms with van der Waals surface area (Å²) < 4.78 is 44.9. The molecule has 178 valence electrons. The lowest BCUT2D eigenvalue weighted by atomic mass is 9.97. The van der Waals surface area contributed by atoms with Crippen LogP contribution in [0.3, 0.4) is 0 Å². The highest BCUT2D eigenvalue weighted by atomic mass is 19.1. The predicted octanol–water partition coefficient (Wildman–Crippen LogP) is 4.56. The van der Waals surface area contributed by atoms with Crippen molar-refractivity contribution in [2.75, 3.05) is 13.7 Å². The van der Waals surface area contributed by atoms with E-state index in [0.29, 0.717) is 13.0 Å². The molecule has 0 radical (unpaired) electrons. The third-order valence-electron chi connectivity index (χ3n) is 5.73. The van der Waals surface area contributed by atoms with Crippen molar-refractivity contribution in [2.45, 2.75) is 19.4 Å².